The van der Waals surface area contributed by atoms with Crippen molar-refractivity contribution in [2.24, 2.45) is 0 Å². The van der Waals surface area contributed by atoms with Crippen molar-refractivity contribution in [3.63, 3.8) is 0 Å². The molecule has 1 amide bonds. The van der Waals surface area contributed by atoms with E-state index in [2.05, 4.69) is 15.3 Å². The zero-order valence-electron chi connectivity index (χ0n) is 10.2. The number of carbonyl (C=O) groups is 1. The fourth-order valence-electron chi connectivity index (χ4n) is 2.37. The van der Waals surface area contributed by atoms with Gasteiger partial charge in [0.15, 0.2) is 5.65 Å². The topological polar surface area (TPSA) is 85.8 Å². The summed E-state index contributed by atoms with van der Waals surface area (Å²) >= 11 is 0. The summed E-state index contributed by atoms with van der Waals surface area (Å²) in [7, 11) is 0. The first-order valence-corrected chi connectivity index (χ1v) is 6.02. The van der Waals surface area contributed by atoms with Crippen molar-refractivity contribution in [2.45, 2.75) is 32.4 Å². The molecule has 0 radical (unpaired) electrons. The molecule has 1 unspecified atom stereocenters. The van der Waals surface area contributed by atoms with E-state index in [9.17, 15) is 4.79 Å². The number of pyridine rings is 1. The summed E-state index contributed by atoms with van der Waals surface area (Å²) < 4.78 is 1.87. The number of nitrogen functional groups attached to an aromatic ring is 1. The highest BCUT2D eigenvalue weighted by Crippen LogP contribution is 2.20. The van der Waals surface area contributed by atoms with E-state index in [-0.39, 0.29) is 11.9 Å². The van der Waals surface area contributed by atoms with E-state index >= 15 is 0 Å². The zero-order valence-corrected chi connectivity index (χ0v) is 10.2. The van der Waals surface area contributed by atoms with Crippen molar-refractivity contribution >= 4 is 23.0 Å². The van der Waals surface area contributed by atoms with Gasteiger partial charge in [-0.3, -0.25) is 9.36 Å². The first-order chi connectivity index (χ1) is 8.65. The Kier molecular flexibility index (Phi) is 2.43. The average Bonchev–Trinajstić information content (AvgIpc) is 2.87. The molecule has 1 aliphatic rings. The molecule has 1 fully saturated rings. The molecular formula is C12H15N5O. The van der Waals surface area contributed by atoms with Crippen molar-refractivity contribution < 1.29 is 4.79 Å². The summed E-state index contributed by atoms with van der Waals surface area (Å²) in [5.74, 6) is 0.556. The smallest absolute Gasteiger partial charge is 0.220 e. The highest BCUT2D eigenvalue weighted by atomic mass is 16.1. The van der Waals surface area contributed by atoms with Gasteiger partial charge in [0.05, 0.1) is 0 Å². The minimum Gasteiger partial charge on any atom is -0.369 e. The second-order valence-electron chi connectivity index (χ2n) is 4.68. The summed E-state index contributed by atoms with van der Waals surface area (Å²) in [5.41, 5.74) is 8.61. The van der Waals surface area contributed by atoms with Gasteiger partial charge in [0.2, 0.25) is 11.9 Å². The number of nitrogens with one attached hydrogen (secondary N) is 1. The van der Waals surface area contributed by atoms with Crippen LogP contribution in [0.3, 0.4) is 0 Å². The van der Waals surface area contributed by atoms with Crippen LogP contribution in [0.5, 0.6) is 0 Å². The SMILES string of the molecule is Cc1ccnc2c1nc(N)n2CC1CCC(=O)N1. The molecule has 18 heavy (non-hydrogen) atoms. The van der Waals surface area contributed by atoms with Gasteiger partial charge in [-0.15, -0.1) is 0 Å². The van der Waals surface area contributed by atoms with Gasteiger partial charge in [-0.25, -0.2) is 9.97 Å². The molecule has 2 aromatic heterocycles. The largest absolute Gasteiger partial charge is 0.369 e. The predicted octanol–water partition coefficient (Wildman–Crippen LogP) is 0.601. The van der Waals surface area contributed by atoms with Crippen LogP contribution in [-0.4, -0.2) is 26.5 Å². The Bertz CT molecular complexity index is 618. The van der Waals surface area contributed by atoms with Crippen molar-refractivity contribution in [2.75, 3.05) is 5.73 Å². The monoisotopic (exact) mass is 245 g/mol. The molecule has 3 rings (SSSR count). The zero-order chi connectivity index (χ0) is 12.7. The van der Waals surface area contributed by atoms with Crippen LogP contribution in [0.25, 0.3) is 11.2 Å². The number of nitrogens with zero attached hydrogens (tertiary/aromatic N) is 3. The third-order valence-corrected chi connectivity index (χ3v) is 3.35. The number of rotatable bonds is 2. The van der Waals surface area contributed by atoms with E-state index in [1.807, 2.05) is 17.6 Å². The van der Waals surface area contributed by atoms with Crippen LogP contribution in [0.1, 0.15) is 18.4 Å². The van der Waals surface area contributed by atoms with Crippen LogP contribution in [0, 0.1) is 6.92 Å². The van der Waals surface area contributed by atoms with E-state index < -0.39 is 0 Å². The maximum absolute atomic E-state index is 11.2. The lowest BCUT2D eigenvalue weighted by Gasteiger charge is -2.12. The van der Waals surface area contributed by atoms with Gasteiger partial charge in [0.25, 0.3) is 0 Å². The van der Waals surface area contributed by atoms with Gasteiger partial charge in [-0.05, 0) is 25.0 Å². The van der Waals surface area contributed by atoms with Crippen molar-refractivity contribution in [3.05, 3.63) is 17.8 Å². The van der Waals surface area contributed by atoms with Gasteiger partial charge < -0.3 is 11.1 Å². The van der Waals surface area contributed by atoms with Gasteiger partial charge in [0.1, 0.15) is 5.52 Å². The number of carbonyl (C=O) groups excluding carboxylic acids is 1. The number of hydrogen-bond acceptors (Lipinski definition) is 4. The second-order valence-corrected chi connectivity index (χ2v) is 4.68. The highest BCUT2D eigenvalue weighted by molar-refractivity contribution is 5.79. The number of imidazole rings is 1. The summed E-state index contributed by atoms with van der Waals surface area (Å²) in [6.07, 6.45) is 3.18. The minimum absolute atomic E-state index is 0.104. The molecule has 0 aliphatic carbocycles. The third-order valence-electron chi connectivity index (χ3n) is 3.35. The van der Waals surface area contributed by atoms with Crippen LogP contribution in [0.15, 0.2) is 12.3 Å². The summed E-state index contributed by atoms with van der Waals surface area (Å²) in [6.45, 7) is 2.61. The molecular weight excluding hydrogens is 230 g/mol. The first-order valence-electron chi connectivity index (χ1n) is 6.02. The van der Waals surface area contributed by atoms with E-state index in [0.29, 0.717) is 18.9 Å². The Morgan fingerprint density at radius 3 is 3.17 bits per heavy atom. The Hall–Kier alpha value is -2.11. The minimum atomic E-state index is 0.104. The van der Waals surface area contributed by atoms with E-state index in [0.717, 1.165) is 23.1 Å². The number of fused-ring (bicyclic) bond motifs is 1. The van der Waals surface area contributed by atoms with E-state index in [4.69, 9.17) is 5.73 Å². The molecule has 0 bridgehead atoms. The fraction of sp³-hybridized carbons (Fsp3) is 0.417. The average molecular weight is 245 g/mol. The predicted molar refractivity (Wildman–Crippen MR) is 67.8 cm³/mol. The molecule has 94 valence electrons. The van der Waals surface area contributed by atoms with Crippen LogP contribution in [0.4, 0.5) is 5.95 Å². The molecule has 0 spiro atoms. The van der Waals surface area contributed by atoms with Crippen molar-refractivity contribution in [1.29, 1.82) is 0 Å². The van der Waals surface area contributed by atoms with E-state index in [1.54, 1.807) is 6.20 Å². The third kappa shape index (κ3) is 1.70. The summed E-state index contributed by atoms with van der Waals surface area (Å²) in [6, 6.07) is 2.04. The van der Waals surface area contributed by atoms with Crippen LogP contribution in [-0.2, 0) is 11.3 Å². The maximum atomic E-state index is 11.2. The number of hydrogen-bond donors (Lipinski definition) is 2. The molecule has 1 saturated heterocycles. The van der Waals surface area contributed by atoms with Crippen molar-refractivity contribution in [1.82, 2.24) is 19.9 Å². The number of aromatic nitrogens is 3. The summed E-state index contributed by atoms with van der Waals surface area (Å²) in [4.78, 5) is 19.9. The molecule has 6 heteroatoms. The standard InChI is InChI=1S/C12H15N5O/c1-7-4-5-14-11-10(7)16-12(13)17(11)6-8-2-3-9(18)15-8/h4-5,8H,2-3,6H2,1H3,(H2,13,16)(H,15,18). The summed E-state index contributed by atoms with van der Waals surface area (Å²) in [5, 5.41) is 2.93. The molecule has 0 aromatic carbocycles. The second kappa shape index (κ2) is 3.97. The van der Waals surface area contributed by atoms with Gasteiger partial charge in [0, 0.05) is 25.2 Å². The molecule has 1 atom stereocenters. The molecule has 6 nitrogen and oxygen atoms in total. The molecule has 2 aromatic rings. The lowest BCUT2D eigenvalue weighted by molar-refractivity contribution is -0.119. The lowest BCUT2D eigenvalue weighted by Crippen LogP contribution is -2.30. The van der Waals surface area contributed by atoms with Gasteiger partial charge in [-0.1, -0.05) is 0 Å². The van der Waals surface area contributed by atoms with Crippen LogP contribution >= 0.6 is 0 Å². The molecule has 3 N–H and O–H groups in total. The lowest BCUT2D eigenvalue weighted by atomic mass is 10.2. The number of amides is 1. The number of anilines is 1. The normalized spacial score (nSPS) is 19.4. The molecule has 3 heterocycles. The first kappa shape index (κ1) is 11.0. The van der Waals surface area contributed by atoms with Gasteiger partial charge >= 0.3 is 0 Å². The van der Waals surface area contributed by atoms with Crippen molar-refractivity contribution in [3.8, 4) is 0 Å². The van der Waals surface area contributed by atoms with E-state index in [1.165, 1.54) is 0 Å². The Morgan fingerprint density at radius 1 is 1.61 bits per heavy atom. The molecule has 1 aliphatic heterocycles. The van der Waals surface area contributed by atoms with Crippen LogP contribution < -0.4 is 11.1 Å². The maximum Gasteiger partial charge on any atom is 0.220 e. The quantitative estimate of drug-likeness (QED) is 0.811. The Morgan fingerprint density at radius 2 is 2.44 bits per heavy atom. The Balaban J connectivity index is 1.98. The number of aryl methyl sites for hydroxylation is 1. The van der Waals surface area contributed by atoms with Gasteiger partial charge in [-0.2, -0.15) is 0 Å². The number of nitrogens with two attached hydrogens (primary N) is 1. The van der Waals surface area contributed by atoms with Crippen LogP contribution in [0.2, 0.25) is 0 Å². The molecule has 0 saturated carbocycles. The highest BCUT2D eigenvalue weighted by Gasteiger charge is 2.23. The Labute approximate surface area is 104 Å². The fourth-order valence-corrected chi connectivity index (χ4v) is 2.37.